The number of rotatable bonds is 4. The summed E-state index contributed by atoms with van der Waals surface area (Å²) in [7, 11) is 1.51. The predicted molar refractivity (Wildman–Crippen MR) is 84.3 cm³/mol. The van der Waals surface area contributed by atoms with Gasteiger partial charge in [0, 0.05) is 25.9 Å². The van der Waals surface area contributed by atoms with Crippen molar-refractivity contribution in [1.29, 1.82) is 0 Å². The molecule has 0 fully saturated rings. The molecule has 140 valence electrons. The van der Waals surface area contributed by atoms with Gasteiger partial charge in [0.25, 0.3) is 5.88 Å². The summed E-state index contributed by atoms with van der Waals surface area (Å²) >= 11 is 0. The quantitative estimate of drug-likeness (QED) is 0.732. The zero-order valence-electron chi connectivity index (χ0n) is 13.8. The van der Waals surface area contributed by atoms with E-state index in [-0.39, 0.29) is 23.7 Å². The SMILES string of the molecule is Cn1nnc(-c2cnc(Cc3ccc(C(F)(F)F)nc3)cn2)c1OC(N)=O. The number of carbonyl (C=O) groups excluding carboxylic acids is 1. The van der Waals surface area contributed by atoms with E-state index in [0.717, 1.165) is 12.3 Å². The maximum atomic E-state index is 12.5. The summed E-state index contributed by atoms with van der Waals surface area (Å²) in [6.07, 6.45) is -1.33. The van der Waals surface area contributed by atoms with Crippen molar-refractivity contribution < 1.29 is 22.7 Å². The number of aromatic nitrogens is 6. The fourth-order valence-electron chi connectivity index (χ4n) is 2.19. The third-order valence-corrected chi connectivity index (χ3v) is 3.42. The summed E-state index contributed by atoms with van der Waals surface area (Å²) in [4.78, 5) is 22.7. The van der Waals surface area contributed by atoms with Crippen LogP contribution < -0.4 is 10.5 Å². The van der Waals surface area contributed by atoms with Gasteiger partial charge in [-0.2, -0.15) is 13.2 Å². The van der Waals surface area contributed by atoms with Gasteiger partial charge in [0.05, 0.1) is 11.9 Å². The van der Waals surface area contributed by atoms with Crippen LogP contribution in [-0.4, -0.2) is 36.0 Å². The summed E-state index contributed by atoms with van der Waals surface area (Å²) in [6.45, 7) is 0. The van der Waals surface area contributed by atoms with Gasteiger partial charge in [-0.15, -0.1) is 5.10 Å². The van der Waals surface area contributed by atoms with E-state index in [2.05, 4.69) is 25.3 Å². The average molecular weight is 379 g/mol. The standard InChI is InChI=1S/C15H12F3N7O2/c1-25-13(27-14(19)26)12(23-24-25)10-7-20-9(6-21-10)4-8-2-3-11(22-5-8)15(16,17)18/h2-3,5-7H,4H2,1H3,(H2,19,26). The summed E-state index contributed by atoms with van der Waals surface area (Å²) in [5, 5.41) is 7.58. The first-order chi connectivity index (χ1) is 12.7. The molecule has 0 atom stereocenters. The molecule has 0 spiro atoms. The van der Waals surface area contributed by atoms with Crippen LogP contribution in [0.5, 0.6) is 5.88 Å². The maximum Gasteiger partial charge on any atom is 0.433 e. The normalized spacial score (nSPS) is 11.4. The van der Waals surface area contributed by atoms with Crippen molar-refractivity contribution in [2.45, 2.75) is 12.6 Å². The van der Waals surface area contributed by atoms with Crippen LogP contribution in [0.4, 0.5) is 18.0 Å². The number of alkyl halides is 3. The van der Waals surface area contributed by atoms with Crippen LogP contribution in [0.15, 0.2) is 30.7 Å². The highest BCUT2D eigenvalue weighted by Gasteiger charge is 2.32. The Kier molecular flexibility index (Phi) is 4.71. The molecule has 0 aliphatic rings. The number of amides is 1. The van der Waals surface area contributed by atoms with Gasteiger partial charge in [0.2, 0.25) is 0 Å². The van der Waals surface area contributed by atoms with Crippen molar-refractivity contribution in [3.63, 3.8) is 0 Å². The minimum Gasteiger partial charge on any atom is -0.389 e. The number of nitrogens with zero attached hydrogens (tertiary/aromatic N) is 6. The molecule has 27 heavy (non-hydrogen) atoms. The first kappa shape index (κ1) is 18.2. The average Bonchev–Trinajstić information content (AvgIpc) is 2.95. The number of pyridine rings is 1. The molecule has 0 saturated carbocycles. The molecule has 0 aliphatic carbocycles. The molecular formula is C15H12F3N7O2. The second-order valence-electron chi connectivity index (χ2n) is 5.41. The fraction of sp³-hybridized carbons (Fsp3) is 0.200. The molecule has 0 bridgehead atoms. The Labute approximate surface area is 150 Å². The third kappa shape index (κ3) is 4.16. The van der Waals surface area contributed by atoms with Crippen molar-refractivity contribution in [2.24, 2.45) is 12.8 Å². The van der Waals surface area contributed by atoms with Crippen molar-refractivity contribution in [1.82, 2.24) is 29.9 Å². The van der Waals surface area contributed by atoms with Crippen LogP contribution >= 0.6 is 0 Å². The summed E-state index contributed by atoms with van der Waals surface area (Å²) in [5.74, 6) is 0.0106. The smallest absolute Gasteiger partial charge is 0.389 e. The number of hydrogen-bond donors (Lipinski definition) is 1. The second-order valence-corrected chi connectivity index (χ2v) is 5.41. The minimum atomic E-state index is -4.48. The first-order valence-electron chi connectivity index (χ1n) is 7.44. The summed E-state index contributed by atoms with van der Waals surface area (Å²) < 4.78 is 43.6. The molecule has 2 N–H and O–H groups in total. The Hall–Kier alpha value is -3.57. The van der Waals surface area contributed by atoms with Gasteiger partial charge in [-0.25, -0.2) is 9.48 Å². The highest BCUT2D eigenvalue weighted by atomic mass is 19.4. The lowest BCUT2D eigenvalue weighted by Gasteiger charge is -2.06. The zero-order valence-corrected chi connectivity index (χ0v) is 13.8. The summed E-state index contributed by atoms with van der Waals surface area (Å²) in [5.41, 5.74) is 5.55. The van der Waals surface area contributed by atoms with Crippen LogP contribution in [0.1, 0.15) is 17.0 Å². The predicted octanol–water partition coefficient (Wildman–Crippen LogP) is 1.73. The van der Waals surface area contributed by atoms with Crippen molar-refractivity contribution in [2.75, 3.05) is 0 Å². The molecule has 0 aliphatic heterocycles. The van der Waals surface area contributed by atoms with E-state index in [1.165, 1.54) is 30.2 Å². The van der Waals surface area contributed by atoms with E-state index in [0.29, 0.717) is 11.3 Å². The topological polar surface area (TPSA) is 122 Å². The van der Waals surface area contributed by atoms with E-state index in [1.807, 2.05) is 0 Å². The van der Waals surface area contributed by atoms with Crippen LogP contribution in [0.2, 0.25) is 0 Å². The van der Waals surface area contributed by atoms with Gasteiger partial charge < -0.3 is 10.5 Å². The Morgan fingerprint density at radius 1 is 1.19 bits per heavy atom. The molecular weight excluding hydrogens is 367 g/mol. The Morgan fingerprint density at radius 3 is 2.52 bits per heavy atom. The first-order valence-corrected chi connectivity index (χ1v) is 7.44. The number of ether oxygens (including phenoxy) is 1. The van der Waals surface area contributed by atoms with Gasteiger partial charge in [-0.1, -0.05) is 11.3 Å². The lowest BCUT2D eigenvalue weighted by molar-refractivity contribution is -0.141. The van der Waals surface area contributed by atoms with Gasteiger partial charge in [-0.3, -0.25) is 15.0 Å². The zero-order chi connectivity index (χ0) is 19.6. The second kappa shape index (κ2) is 6.97. The molecule has 3 aromatic rings. The van der Waals surface area contributed by atoms with Crippen LogP contribution in [0.25, 0.3) is 11.4 Å². The highest BCUT2D eigenvalue weighted by molar-refractivity contribution is 5.71. The number of carbonyl (C=O) groups is 1. The van der Waals surface area contributed by atoms with Crippen molar-refractivity contribution in [3.05, 3.63) is 47.7 Å². The largest absolute Gasteiger partial charge is 0.433 e. The minimum absolute atomic E-state index is 0.0106. The van der Waals surface area contributed by atoms with E-state index < -0.39 is 18.0 Å². The van der Waals surface area contributed by atoms with Crippen molar-refractivity contribution >= 4 is 6.09 Å². The number of primary amides is 1. The fourth-order valence-corrected chi connectivity index (χ4v) is 2.19. The Balaban J connectivity index is 1.77. The van der Waals surface area contributed by atoms with E-state index in [4.69, 9.17) is 10.5 Å². The van der Waals surface area contributed by atoms with Crippen LogP contribution in [-0.2, 0) is 19.6 Å². The number of aryl methyl sites for hydroxylation is 1. The number of nitrogens with two attached hydrogens (primary N) is 1. The molecule has 0 saturated heterocycles. The molecule has 3 heterocycles. The van der Waals surface area contributed by atoms with E-state index in [9.17, 15) is 18.0 Å². The van der Waals surface area contributed by atoms with Crippen LogP contribution in [0, 0.1) is 0 Å². The monoisotopic (exact) mass is 379 g/mol. The van der Waals surface area contributed by atoms with Gasteiger partial charge in [0.1, 0.15) is 11.4 Å². The number of hydrogen-bond acceptors (Lipinski definition) is 7. The van der Waals surface area contributed by atoms with Crippen LogP contribution in [0.3, 0.4) is 0 Å². The molecule has 9 nitrogen and oxygen atoms in total. The van der Waals surface area contributed by atoms with Gasteiger partial charge in [-0.05, 0) is 11.6 Å². The van der Waals surface area contributed by atoms with Gasteiger partial charge >= 0.3 is 12.3 Å². The molecule has 12 heteroatoms. The van der Waals surface area contributed by atoms with E-state index >= 15 is 0 Å². The molecule has 1 amide bonds. The maximum absolute atomic E-state index is 12.5. The molecule has 0 aromatic carbocycles. The number of halogens is 3. The Morgan fingerprint density at radius 2 is 1.96 bits per heavy atom. The third-order valence-electron chi connectivity index (χ3n) is 3.42. The highest BCUT2D eigenvalue weighted by Crippen LogP contribution is 2.27. The molecule has 0 unspecified atom stereocenters. The van der Waals surface area contributed by atoms with Gasteiger partial charge in [0.15, 0.2) is 5.69 Å². The lowest BCUT2D eigenvalue weighted by Crippen LogP contribution is -2.18. The lowest BCUT2D eigenvalue weighted by atomic mass is 10.1. The van der Waals surface area contributed by atoms with E-state index in [1.54, 1.807) is 0 Å². The Bertz CT molecular complexity index is 953. The molecule has 3 aromatic heterocycles. The van der Waals surface area contributed by atoms with Crippen molar-refractivity contribution in [3.8, 4) is 17.3 Å². The molecule has 3 rings (SSSR count). The molecule has 0 radical (unpaired) electrons. The summed E-state index contributed by atoms with van der Waals surface area (Å²) in [6, 6.07) is 2.23.